The first-order chi connectivity index (χ1) is 4.88. The number of likely N-dealkylation sites (tertiary alicyclic amines) is 1. The van der Waals surface area contributed by atoms with Crippen LogP contribution >= 0.6 is 0 Å². The molecule has 0 aromatic carbocycles. The van der Waals surface area contributed by atoms with Crippen molar-refractivity contribution in [3.05, 3.63) is 0 Å². The molecular weight excluding hydrogens is 126 g/mol. The topological polar surface area (TPSA) is 23.1 Å². The minimum Gasteiger partial charge on any atom is -0.298 e. The number of likely N-dealkylation sites (N-methyl/N-ethyl adjacent to an activating group) is 1. The molecule has 0 aromatic rings. The second kappa shape index (κ2) is 3.94. The van der Waals surface area contributed by atoms with Gasteiger partial charge in [-0.3, -0.25) is 4.90 Å². The van der Waals surface area contributed by atoms with E-state index in [9.17, 15) is 5.11 Å². The molecule has 0 bridgehead atoms. The molecule has 1 heterocycles. The Morgan fingerprint density at radius 3 is 2.80 bits per heavy atom. The van der Waals surface area contributed by atoms with E-state index in [-0.39, 0.29) is 6.61 Å². The van der Waals surface area contributed by atoms with E-state index in [2.05, 4.69) is 11.8 Å². The molecule has 10 heavy (non-hydrogen) atoms. The highest BCUT2D eigenvalue weighted by atomic mass is 16.3. The van der Waals surface area contributed by atoms with Crippen molar-refractivity contribution in [1.82, 2.24) is 4.90 Å². The van der Waals surface area contributed by atoms with Gasteiger partial charge in [0.15, 0.2) is 0 Å². The third-order valence-corrected chi connectivity index (χ3v) is 2.35. The van der Waals surface area contributed by atoms with Gasteiger partial charge in [-0.1, -0.05) is 13.3 Å². The summed E-state index contributed by atoms with van der Waals surface area (Å²) in [5.74, 6) is 0. The van der Waals surface area contributed by atoms with Gasteiger partial charge < -0.3 is 0 Å². The zero-order valence-corrected chi connectivity index (χ0v) is 6.68. The van der Waals surface area contributed by atoms with Gasteiger partial charge in [0, 0.05) is 6.04 Å². The summed E-state index contributed by atoms with van der Waals surface area (Å²) in [6.45, 7) is 4.41. The van der Waals surface area contributed by atoms with Gasteiger partial charge in [-0.15, -0.1) is 0 Å². The van der Waals surface area contributed by atoms with Crippen LogP contribution < -0.4 is 0 Å². The van der Waals surface area contributed by atoms with E-state index in [0.29, 0.717) is 6.04 Å². The molecular formula is C8H16NO. The average molecular weight is 142 g/mol. The van der Waals surface area contributed by atoms with Gasteiger partial charge in [0.25, 0.3) is 0 Å². The first kappa shape index (κ1) is 8.02. The van der Waals surface area contributed by atoms with Gasteiger partial charge in [0.1, 0.15) is 0 Å². The largest absolute Gasteiger partial charge is 0.298 e. The van der Waals surface area contributed by atoms with Crippen molar-refractivity contribution >= 4 is 0 Å². The molecule has 1 unspecified atom stereocenters. The van der Waals surface area contributed by atoms with Gasteiger partial charge in [-0.2, -0.15) is 0 Å². The summed E-state index contributed by atoms with van der Waals surface area (Å²) in [6.07, 6.45) is 3.66. The fraction of sp³-hybridized carbons (Fsp3) is 1.00. The van der Waals surface area contributed by atoms with Crippen LogP contribution in [-0.2, 0) is 5.11 Å². The van der Waals surface area contributed by atoms with Gasteiger partial charge in [-0.05, 0) is 25.9 Å². The Morgan fingerprint density at radius 1 is 1.50 bits per heavy atom. The molecule has 0 amide bonds. The Labute approximate surface area is 62.8 Å². The predicted octanol–water partition coefficient (Wildman–Crippen LogP) is 1.29. The summed E-state index contributed by atoms with van der Waals surface area (Å²) in [4.78, 5) is 2.30. The van der Waals surface area contributed by atoms with Crippen LogP contribution in [0.5, 0.6) is 0 Å². The summed E-state index contributed by atoms with van der Waals surface area (Å²) in [5, 5.41) is 10.6. The molecule has 1 rings (SSSR count). The minimum absolute atomic E-state index is 0.0911. The van der Waals surface area contributed by atoms with E-state index in [4.69, 9.17) is 0 Å². The Hall–Kier alpha value is -0.0800. The van der Waals surface area contributed by atoms with Crippen molar-refractivity contribution in [1.29, 1.82) is 0 Å². The molecule has 1 radical (unpaired) electrons. The van der Waals surface area contributed by atoms with Crippen molar-refractivity contribution < 1.29 is 5.11 Å². The summed E-state index contributed by atoms with van der Waals surface area (Å²) >= 11 is 0. The van der Waals surface area contributed by atoms with Crippen LogP contribution in [0.25, 0.3) is 0 Å². The Morgan fingerprint density at radius 2 is 2.30 bits per heavy atom. The van der Waals surface area contributed by atoms with Gasteiger partial charge in [0.05, 0.1) is 6.61 Å². The zero-order valence-electron chi connectivity index (χ0n) is 6.68. The predicted molar refractivity (Wildman–Crippen MR) is 40.4 cm³/mol. The Bertz CT molecular complexity index is 83.3. The van der Waals surface area contributed by atoms with Crippen LogP contribution in [0, 0.1) is 0 Å². The monoisotopic (exact) mass is 142 g/mol. The van der Waals surface area contributed by atoms with E-state index in [1.165, 1.54) is 12.8 Å². The maximum atomic E-state index is 10.6. The van der Waals surface area contributed by atoms with E-state index < -0.39 is 0 Å². The van der Waals surface area contributed by atoms with E-state index in [1.54, 1.807) is 0 Å². The molecule has 2 nitrogen and oxygen atoms in total. The summed E-state index contributed by atoms with van der Waals surface area (Å²) in [6, 6.07) is 0.346. The Balaban J connectivity index is 2.34. The van der Waals surface area contributed by atoms with Crippen molar-refractivity contribution in [3.63, 3.8) is 0 Å². The fourth-order valence-electron chi connectivity index (χ4n) is 1.67. The zero-order chi connectivity index (χ0) is 7.40. The summed E-state index contributed by atoms with van der Waals surface area (Å²) < 4.78 is 0. The lowest BCUT2D eigenvalue weighted by Crippen LogP contribution is -2.41. The van der Waals surface area contributed by atoms with E-state index in [1.807, 2.05) is 0 Å². The quantitative estimate of drug-likeness (QED) is 0.569. The normalized spacial score (nSPS) is 28.8. The van der Waals surface area contributed by atoms with Gasteiger partial charge in [-0.25, -0.2) is 5.11 Å². The fourth-order valence-corrected chi connectivity index (χ4v) is 1.67. The third-order valence-electron chi connectivity index (χ3n) is 2.35. The Kier molecular flexibility index (Phi) is 3.16. The van der Waals surface area contributed by atoms with Crippen LogP contribution in [0.4, 0.5) is 0 Å². The summed E-state index contributed by atoms with van der Waals surface area (Å²) in [5.41, 5.74) is 0. The second-order valence-electron chi connectivity index (χ2n) is 2.94. The molecule has 1 fully saturated rings. The molecule has 1 aliphatic heterocycles. The highest BCUT2D eigenvalue weighted by molar-refractivity contribution is 4.74. The lowest BCUT2D eigenvalue weighted by molar-refractivity contribution is 0.0607. The van der Waals surface area contributed by atoms with Crippen LogP contribution in [0.2, 0.25) is 0 Å². The van der Waals surface area contributed by atoms with Crippen LogP contribution in [0.1, 0.15) is 26.2 Å². The van der Waals surface area contributed by atoms with Crippen LogP contribution in [-0.4, -0.2) is 30.6 Å². The molecule has 2 heteroatoms. The maximum Gasteiger partial charge on any atom is 0.0977 e. The molecule has 1 saturated heterocycles. The molecule has 0 aromatic heterocycles. The number of hydrogen-bond acceptors (Lipinski definition) is 1. The standard InChI is InChI=1S/C8H16NO/c1-2-9-6-4-3-5-8(9)7-10/h8H,2-7H2,1H3. The van der Waals surface area contributed by atoms with Crippen LogP contribution in [0.15, 0.2) is 0 Å². The molecule has 1 atom stereocenters. The molecule has 0 N–H and O–H groups in total. The second-order valence-corrected chi connectivity index (χ2v) is 2.94. The minimum atomic E-state index is 0.0911. The van der Waals surface area contributed by atoms with E-state index in [0.717, 1.165) is 19.5 Å². The van der Waals surface area contributed by atoms with Crippen molar-refractivity contribution in [2.75, 3.05) is 19.7 Å². The number of nitrogens with zero attached hydrogens (tertiary/aromatic N) is 1. The number of piperidine rings is 1. The molecule has 0 spiro atoms. The highest BCUT2D eigenvalue weighted by Gasteiger charge is 2.19. The molecule has 59 valence electrons. The molecule has 0 aliphatic carbocycles. The highest BCUT2D eigenvalue weighted by Crippen LogP contribution is 2.15. The summed E-state index contributed by atoms with van der Waals surface area (Å²) in [7, 11) is 0. The first-order valence-electron chi connectivity index (χ1n) is 4.20. The smallest absolute Gasteiger partial charge is 0.0977 e. The van der Waals surface area contributed by atoms with Crippen molar-refractivity contribution in [3.8, 4) is 0 Å². The average Bonchev–Trinajstić information content (AvgIpc) is 2.04. The van der Waals surface area contributed by atoms with Crippen molar-refractivity contribution in [2.45, 2.75) is 32.2 Å². The molecule has 0 saturated carbocycles. The van der Waals surface area contributed by atoms with Crippen molar-refractivity contribution in [2.24, 2.45) is 0 Å². The first-order valence-corrected chi connectivity index (χ1v) is 4.20. The maximum absolute atomic E-state index is 10.6. The SMILES string of the molecule is CCN1CCCCC1C[O]. The third kappa shape index (κ3) is 1.70. The molecule has 1 aliphatic rings. The van der Waals surface area contributed by atoms with Gasteiger partial charge in [0.2, 0.25) is 0 Å². The lowest BCUT2D eigenvalue weighted by Gasteiger charge is -2.32. The lowest BCUT2D eigenvalue weighted by atomic mass is 10.0. The van der Waals surface area contributed by atoms with Gasteiger partial charge >= 0.3 is 0 Å². The van der Waals surface area contributed by atoms with Crippen LogP contribution in [0.3, 0.4) is 0 Å². The van der Waals surface area contributed by atoms with E-state index >= 15 is 0 Å². The number of hydrogen-bond donors (Lipinski definition) is 0. The number of rotatable bonds is 2.